The van der Waals surface area contributed by atoms with Gasteiger partial charge in [0.25, 0.3) is 5.91 Å². The molecule has 172 valence electrons. The van der Waals surface area contributed by atoms with Gasteiger partial charge in [0.05, 0.1) is 24.3 Å². The Morgan fingerprint density at radius 2 is 1.61 bits per heavy atom. The molecule has 1 N–H and O–H groups in total. The lowest BCUT2D eigenvalue weighted by atomic mass is 10.0. The smallest absolute Gasteiger partial charge is 0.271 e. The molecule has 1 amide bonds. The van der Waals surface area contributed by atoms with E-state index < -0.39 is 0 Å². The zero-order chi connectivity index (χ0) is 23.8. The third-order valence-electron chi connectivity index (χ3n) is 4.96. The van der Waals surface area contributed by atoms with E-state index in [9.17, 15) is 4.79 Å². The number of carbonyl (C=O) groups is 1. The van der Waals surface area contributed by atoms with E-state index in [2.05, 4.69) is 9.71 Å². The number of ether oxygens (including phenoxy) is 2. The average Bonchev–Trinajstić information content (AvgIpc) is 2.84. The normalized spacial score (nSPS) is 11.2. The number of nitrogens with one attached hydrogen (secondary N) is 1. The molecule has 0 spiro atoms. The fourth-order valence-corrected chi connectivity index (χ4v) is 3.92. The summed E-state index contributed by atoms with van der Waals surface area (Å²) in [6.45, 7) is 0.461. The minimum atomic E-state index is -0.230. The second kappa shape index (κ2) is 12.0. The summed E-state index contributed by atoms with van der Waals surface area (Å²) in [5.41, 5.74) is 4.04. The highest BCUT2D eigenvalue weighted by Crippen LogP contribution is 2.29. The lowest BCUT2D eigenvalue weighted by Gasteiger charge is -2.11. The SMILES string of the molecule is COc1ccc(CCNC(=O)/C(=N\SC)c2ccc(-c3ccc(Cl)c(Cl)c3)cc2)cc1OC. The van der Waals surface area contributed by atoms with Gasteiger partial charge in [-0.3, -0.25) is 4.79 Å². The van der Waals surface area contributed by atoms with E-state index in [0.29, 0.717) is 40.2 Å². The van der Waals surface area contributed by atoms with Crippen LogP contribution in [-0.4, -0.2) is 38.6 Å². The van der Waals surface area contributed by atoms with Gasteiger partial charge in [0.1, 0.15) is 5.71 Å². The molecule has 33 heavy (non-hydrogen) atoms. The van der Waals surface area contributed by atoms with E-state index in [1.165, 1.54) is 11.9 Å². The quantitative estimate of drug-likeness (QED) is 0.283. The number of amides is 1. The van der Waals surface area contributed by atoms with E-state index >= 15 is 0 Å². The molecule has 3 aromatic rings. The molecule has 0 saturated heterocycles. The van der Waals surface area contributed by atoms with Crippen molar-refractivity contribution in [1.29, 1.82) is 0 Å². The van der Waals surface area contributed by atoms with Gasteiger partial charge in [-0.25, -0.2) is 4.40 Å². The maximum atomic E-state index is 12.9. The number of rotatable bonds is 9. The zero-order valence-electron chi connectivity index (χ0n) is 18.5. The molecular weight excluding hydrogens is 479 g/mol. The summed E-state index contributed by atoms with van der Waals surface area (Å²) in [7, 11) is 3.20. The van der Waals surface area contributed by atoms with Crippen molar-refractivity contribution in [2.75, 3.05) is 27.0 Å². The van der Waals surface area contributed by atoms with E-state index in [0.717, 1.165) is 22.3 Å². The van der Waals surface area contributed by atoms with Crippen LogP contribution in [0.4, 0.5) is 0 Å². The highest BCUT2D eigenvalue weighted by Gasteiger charge is 2.15. The predicted molar refractivity (Wildman–Crippen MR) is 138 cm³/mol. The molecule has 5 nitrogen and oxygen atoms in total. The summed E-state index contributed by atoms with van der Waals surface area (Å²) in [5, 5.41) is 3.96. The molecular formula is C25H24Cl2N2O3S. The maximum Gasteiger partial charge on any atom is 0.271 e. The Morgan fingerprint density at radius 3 is 2.24 bits per heavy atom. The molecule has 3 aromatic carbocycles. The molecule has 0 aliphatic heterocycles. The molecule has 0 saturated carbocycles. The van der Waals surface area contributed by atoms with Crippen molar-refractivity contribution in [3.05, 3.63) is 81.8 Å². The monoisotopic (exact) mass is 502 g/mol. The molecule has 0 radical (unpaired) electrons. The Kier molecular flexibility index (Phi) is 9.06. The van der Waals surface area contributed by atoms with Gasteiger partial charge in [0.2, 0.25) is 0 Å². The molecule has 0 aliphatic carbocycles. The molecule has 0 fully saturated rings. The predicted octanol–water partition coefficient (Wildman–Crippen LogP) is 6.10. The molecule has 0 atom stereocenters. The van der Waals surface area contributed by atoms with Gasteiger partial charge in [-0.2, -0.15) is 0 Å². The number of methoxy groups -OCH3 is 2. The minimum Gasteiger partial charge on any atom is -0.493 e. The van der Waals surface area contributed by atoms with Crippen LogP contribution in [0.1, 0.15) is 11.1 Å². The second-order valence-corrected chi connectivity index (χ2v) is 8.39. The van der Waals surface area contributed by atoms with Gasteiger partial charge in [-0.05, 0) is 59.3 Å². The number of nitrogens with zero attached hydrogens (tertiary/aromatic N) is 1. The topological polar surface area (TPSA) is 59.9 Å². The van der Waals surface area contributed by atoms with Crippen LogP contribution in [0.3, 0.4) is 0 Å². The van der Waals surface area contributed by atoms with Crippen LogP contribution in [0.2, 0.25) is 10.0 Å². The largest absolute Gasteiger partial charge is 0.493 e. The van der Waals surface area contributed by atoms with Crippen LogP contribution in [0.5, 0.6) is 11.5 Å². The fraction of sp³-hybridized carbons (Fsp3) is 0.200. The van der Waals surface area contributed by atoms with Gasteiger partial charge < -0.3 is 14.8 Å². The van der Waals surface area contributed by atoms with E-state index in [1.807, 2.05) is 60.9 Å². The first-order chi connectivity index (χ1) is 16.0. The molecule has 0 aliphatic rings. The third kappa shape index (κ3) is 6.44. The van der Waals surface area contributed by atoms with Crippen molar-refractivity contribution in [3.63, 3.8) is 0 Å². The summed E-state index contributed by atoms with van der Waals surface area (Å²) in [5.74, 6) is 1.10. The van der Waals surface area contributed by atoms with Crippen molar-refractivity contribution >= 4 is 46.8 Å². The molecule has 0 bridgehead atoms. The van der Waals surface area contributed by atoms with Crippen LogP contribution in [0.15, 0.2) is 65.1 Å². The Hall–Kier alpha value is -2.67. The standard InChI is InChI=1S/C25H24Cl2N2O3S/c1-31-22-11-4-16(14-23(22)32-2)12-13-28-25(30)24(29-33-3)18-7-5-17(6-8-18)19-9-10-20(26)21(27)15-19/h4-11,14-15H,12-13H2,1-3H3,(H,28,30)/b29-24-. The Bertz CT molecular complexity index is 1150. The second-order valence-electron chi connectivity index (χ2n) is 7.02. The molecule has 0 heterocycles. The summed E-state index contributed by atoms with van der Waals surface area (Å²) in [6, 6.07) is 18.8. The van der Waals surface area contributed by atoms with Crippen molar-refractivity contribution in [2.24, 2.45) is 4.40 Å². The Balaban J connectivity index is 1.67. The summed E-state index contributed by atoms with van der Waals surface area (Å²) < 4.78 is 14.9. The van der Waals surface area contributed by atoms with Crippen molar-refractivity contribution in [3.8, 4) is 22.6 Å². The van der Waals surface area contributed by atoms with Gasteiger partial charge in [-0.15, -0.1) is 0 Å². The van der Waals surface area contributed by atoms with E-state index in [1.54, 1.807) is 20.3 Å². The van der Waals surface area contributed by atoms with Crippen LogP contribution < -0.4 is 14.8 Å². The molecule has 0 aromatic heterocycles. The lowest BCUT2D eigenvalue weighted by molar-refractivity contribution is -0.114. The van der Waals surface area contributed by atoms with Gasteiger partial charge in [-0.1, -0.05) is 59.6 Å². The number of halogens is 2. The summed E-state index contributed by atoms with van der Waals surface area (Å²) in [4.78, 5) is 12.9. The molecule has 3 rings (SSSR count). The fourth-order valence-electron chi connectivity index (χ4n) is 3.25. The lowest BCUT2D eigenvalue weighted by Crippen LogP contribution is -2.33. The van der Waals surface area contributed by atoms with Crippen LogP contribution in [-0.2, 0) is 11.2 Å². The first kappa shape index (κ1) is 25.0. The minimum absolute atomic E-state index is 0.230. The van der Waals surface area contributed by atoms with Crippen LogP contribution >= 0.6 is 35.1 Å². The highest BCUT2D eigenvalue weighted by molar-refractivity contribution is 7.97. The van der Waals surface area contributed by atoms with Gasteiger partial charge in [0, 0.05) is 18.4 Å². The zero-order valence-corrected chi connectivity index (χ0v) is 20.9. The van der Waals surface area contributed by atoms with E-state index in [4.69, 9.17) is 32.7 Å². The van der Waals surface area contributed by atoms with Crippen molar-refractivity contribution < 1.29 is 14.3 Å². The van der Waals surface area contributed by atoms with Gasteiger partial charge >= 0.3 is 0 Å². The number of hydrogen-bond acceptors (Lipinski definition) is 5. The Morgan fingerprint density at radius 1 is 0.909 bits per heavy atom. The van der Waals surface area contributed by atoms with Gasteiger partial charge in [0.15, 0.2) is 11.5 Å². The highest BCUT2D eigenvalue weighted by atomic mass is 35.5. The average molecular weight is 503 g/mol. The van der Waals surface area contributed by atoms with Crippen molar-refractivity contribution in [1.82, 2.24) is 5.32 Å². The van der Waals surface area contributed by atoms with Crippen LogP contribution in [0.25, 0.3) is 11.1 Å². The van der Waals surface area contributed by atoms with Crippen LogP contribution in [0, 0.1) is 0 Å². The Labute approximate surface area is 208 Å². The first-order valence-electron chi connectivity index (χ1n) is 10.1. The van der Waals surface area contributed by atoms with E-state index in [-0.39, 0.29) is 5.91 Å². The molecule has 0 unspecified atom stereocenters. The first-order valence-corrected chi connectivity index (χ1v) is 12.1. The number of hydrogen-bond donors (Lipinski definition) is 1. The number of carbonyl (C=O) groups excluding carboxylic acids is 1. The summed E-state index contributed by atoms with van der Waals surface area (Å²) in [6.07, 6.45) is 2.47. The maximum absolute atomic E-state index is 12.9. The van der Waals surface area contributed by atoms with Crippen molar-refractivity contribution in [2.45, 2.75) is 6.42 Å². The number of benzene rings is 3. The summed E-state index contributed by atoms with van der Waals surface area (Å²) >= 11 is 13.4. The molecule has 8 heteroatoms. The third-order valence-corrected chi connectivity index (χ3v) is 6.06.